The molecule has 104 valence electrons. The van der Waals surface area contributed by atoms with Gasteiger partial charge in [-0.25, -0.2) is 0 Å². The van der Waals surface area contributed by atoms with Gasteiger partial charge < -0.3 is 15.5 Å². The zero-order chi connectivity index (χ0) is 14.2. The summed E-state index contributed by atoms with van der Waals surface area (Å²) in [5, 5.41) is 0. The quantitative estimate of drug-likeness (QED) is 0.856. The molecule has 5 heteroatoms. The number of nitrogens with two attached hydrogens (primary N) is 1. The number of hydrogen-bond acceptors (Lipinski definition) is 3. The molecule has 19 heavy (non-hydrogen) atoms. The van der Waals surface area contributed by atoms with Gasteiger partial charge in [0.1, 0.15) is 4.99 Å². The molecule has 1 aromatic rings. The van der Waals surface area contributed by atoms with Crippen molar-refractivity contribution in [2.45, 2.75) is 13.0 Å². The van der Waals surface area contributed by atoms with Gasteiger partial charge in [0.05, 0.1) is 0 Å². The molecule has 1 saturated heterocycles. The molecule has 0 aliphatic carbocycles. The van der Waals surface area contributed by atoms with Crippen LogP contribution >= 0.6 is 28.1 Å². The van der Waals surface area contributed by atoms with Crippen molar-refractivity contribution in [3.8, 4) is 0 Å². The topological polar surface area (TPSA) is 32.5 Å². The van der Waals surface area contributed by atoms with Gasteiger partial charge in [0.25, 0.3) is 0 Å². The third kappa shape index (κ3) is 3.09. The van der Waals surface area contributed by atoms with E-state index >= 15 is 0 Å². The van der Waals surface area contributed by atoms with Crippen LogP contribution in [0.2, 0.25) is 0 Å². The molecule has 0 saturated carbocycles. The average molecular weight is 342 g/mol. The van der Waals surface area contributed by atoms with Gasteiger partial charge in [-0.3, -0.25) is 0 Å². The largest absolute Gasteiger partial charge is 0.389 e. The summed E-state index contributed by atoms with van der Waals surface area (Å²) >= 11 is 8.69. The normalized spacial score (nSPS) is 23.1. The number of benzene rings is 1. The zero-order valence-electron chi connectivity index (χ0n) is 11.6. The second-order valence-corrected chi connectivity index (χ2v) is 6.79. The fourth-order valence-electron chi connectivity index (χ4n) is 2.79. The summed E-state index contributed by atoms with van der Waals surface area (Å²) in [5.41, 5.74) is 7.94. The number of nitrogens with zero attached hydrogens (tertiary/aromatic N) is 2. The van der Waals surface area contributed by atoms with Crippen LogP contribution in [0.4, 0.5) is 5.69 Å². The average Bonchev–Trinajstić information content (AvgIpc) is 2.70. The Morgan fingerprint density at radius 1 is 1.42 bits per heavy atom. The zero-order valence-corrected chi connectivity index (χ0v) is 14.0. The maximum atomic E-state index is 5.84. The second-order valence-electron chi connectivity index (χ2n) is 5.44. The van der Waals surface area contributed by atoms with Crippen LogP contribution in [0.15, 0.2) is 22.7 Å². The molecule has 2 unspecified atom stereocenters. The molecule has 2 N–H and O–H groups in total. The lowest BCUT2D eigenvalue weighted by molar-refractivity contribution is 0.266. The Morgan fingerprint density at radius 2 is 2.11 bits per heavy atom. The Balaban J connectivity index is 2.33. The van der Waals surface area contributed by atoms with Crippen molar-refractivity contribution < 1.29 is 0 Å². The van der Waals surface area contributed by atoms with Crippen LogP contribution in [-0.4, -0.2) is 43.1 Å². The van der Waals surface area contributed by atoms with Crippen LogP contribution in [0, 0.1) is 5.92 Å². The number of halogens is 1. The Kier molecular flexibility index (Phi) is 4.48. The minimum Gasteiger partial charge on any atom is -0.389 e. The molecule has 3 nitrogen and oxygen atoms in total. The SMILES string of the molecule is CC1CN(c2cc(Br)ccc2C(N)=S)CC1N(C)C. The predicted molar refractivity (Wildman–Crippen MR) is 88.9 cm³/mol. The summed E-state index contributed by atoms with van der Waals surface area (Å²) in [6, 6.07) is 6.66. The Hall–Kier alpha value is -0.650. The van der Waals surface area contributed by atoms with Gasteiger partial charge in [-0.2, -0.15) is 0 Å². The highest BCUT2D eigenvalue weighted by Crippen LogP contribution is 2.31. The van der Waals surface area contributed by atoms with E-state index < -0.39 is 0 Å². The summed E-state index contributed by atoms with van der Waals surface area (Å²) in [4.78, 5) is 5.14. The maximum Gasteiger partial charge on any atom is 0.106 e. The Morgan fingerprint density at radius 3 is 2.63 bits per heavy atom. The summed E-state index contributed by atoms with van der Waals surface area (Å²) in [7, 11) is 4.28. The molecule has 1 aliphatic rings. The highest BCUT2D eigenvalue weighted by molar-refractivity contribution is 9.10. The van der Waals surface area contributed by atoms with Gasteiger partial charge in [-0.1, -0.05) is 35.1 Å². The van der Waals surface area contributed by atoms with E-state index in [1.165, 1.54) is 0 Å². The smallest absolute Gasteiger partial charge is 0.106 e. The van der Waals surface area contributed by atoms with Crippen LogP contribution in [0.25, 0.3) is 0 Å². The van der Waals surface area contributed by atoms with Gasteiger partial charge >= 0.3 is 0 Å². The number of hydrogen-bond donors (Lipinski definition) is 1. The molecule has 0 bridgehead atoms. The third-order valence-electron chi connectivity index (χ3n) is 3.80. The molecule has 1 aromatic carbocycles. The van der Waals surface area contributed by atoms with Crippen LogP contribution in [0.5, 0.6) is 0 Å². The van der Waals surface area contributed by atoms with Gasteiger partial charge in [0, 0.05) is 34.9 Å². The van der Waals surface area contributed by atoms with Gasteiger partial charge in [-0.15, -0.1) is 0 Å². The standard InChI is InChI=1S/C14H20BrN3S/c1-9-7-18(8-13(9)17(2)3)12-6-10(15)4-5-11(12)14(16)19/h4-6,9,13H,7-8H2,1-3H3,(H2,16,19). The Bertz CT molecular complexity index is 490. The minimum absolute atomic E-state index is 0.462. The van der Waals surface area contributed by atoms with Gasteiger partial charge in [-0.05, 0) is 38.2 Å². The summed E-state index contributed by atoms with van der Waals surface area (Å²) < 4.78 is 1.06. The number of anilines is 1. The van der Waals surface area contributed by atoms with Crippen LogP contribution in [0.1, 0.15) is 12.5 Å². The second kappa shape index (κ2) is 5.77. The van der Waals surface area contributed by atoms with E-state index in [-0.39, 0.29) is 0 Å². The third-order valence-corrected chi connectivity index (χ3v) is 4.52. The van der Waals surface area contributed by atoms with E-state index in [1.54, 1.807) is 0 Å². The molecule has 2 atom stereocenters. The monoisotopic (exact) mass is 341 g/mol. The Labute approximate surface area is 128 Å². The fraction of sp³-hybridized carbons (Fsp3) is 0.500. The molecule has 2 rings (SSSR count). The van der Waals surface area contributed by atoms with Crippen molar-refractivity contribution >= 4 is 38.8 Å². The lowest BCUT2D eigenvalue weighted by Crippen LogP contribution is -2.34. The van der Waals surface area contributed by atoms with Gasteiger partial charge in [0.2, 0.25) is 0 Å². The number of rotatable bonds is 3. The molecule has 1 aliphatic heterocycles. The molecular weight excluding hydrogens is 322 g/mol. The van der Waals surface area contributed by atoms with Crippen molar-refractivity contribution in [3.63, 3.8) is 0 Å². The van der Waals surface area contributed by atoms with E-state index in [2.05, 4.69) is 52.8 Å². The highest BCUT2D eigenvalue weighted by atomic mass is 79.9. The van der Waals surface area contributed by atoms with Gasteiger partial charge in [0.15, 0.2) is 0 Å². The first-order chi connectivity index (χ1) is 8.90. The predicted octanol–water partition coefficient (Wildman–Crippen LogP) is 2.47. The molecule has 0 aromatic heterocycles. The molecule has 0 amide bonds. The number of thiocarbonyl (C=S) groups is 1. The van der Waals surface area contributed by atoms with E-state index in [0.29, 0.717) is 16.9 Å². The lowest BCUT2D eigenvalue weighted by Gasteiger charge is -2.24. The molecule has 0 spiro atoms. The van der Waals surface area contributed by atoms with Crippen molar-refractivity contribution in [1.82, 2.24) is 4.90 Å². The summed E-state index contributed by atoms with van der Waals surface area (Å²) in [5.74, 6) is 0.633. The van der Waals surface area contributed by atoms with E-state index in [4.69, 9.17) is 18.0 Å². The number of likely N-dealkylation sites (N-methyl/N-ethyl adjacent to an activating group) is 1. The first-order valence-electron chi connectivity index (χ1n) is 6.41. The van der Waals surface area contributed by atoms with Crippen molar-refractivity contribution in [2.75, 3.05) is 32.1 Å². The van der Waals surface area contributed by atoms with Crippen LogP contribution in [-0.2, 0) is 0 Å². The molecule has 1 heterocycles. The minimum atomic E-state index is 0.462. The maximum absolute atomic E-state index is 5.84. The summed E-state index contributed by atoms with van der Waals surface area (Å²) in [6.07, 6.45) is 0. The van der Waals surface area contributed by atoms with E-state index in [1.807, 2.05) is 12.1 Å². The van der Waals surface area contributed by atoms with Crippen LogP contribution < -0.4 is 10.6 Å². The molecular formula is C14H20BrN3S. The van der Waals surface area contributed by atoms with E-state index in [0.717, 1.165) is 28.8 Å². The van der Waals surface area contributed by atoms with Crippen molar-refractivity contribution in [2.24, 2.45) is 11.7 Å². The van der Waals surface area contributed by atoms with Crippen molar-refractivity contribution in [3.05, 3.63) is 28.2 Å². The first kappa shape index (κ1) is 14.8. The fourth-order valence-corrected chi connectivity index (χ4v) is 3.31. The highest BCUT2D eigenvalue weighted by Gasteiger charge is 2.32. The lowest BCUT2D eigenvalue weighted by atomic mass is 10.1. The molecule has 1 fully saturated rings. The van der Waals surface area contributed by atoms with Crippen molar-refractivity contribution in [1.29, 1.82) is 0 Å². The first-order valence-corrected chi connectivity index (χ1v) is 7.61. The van der Waals surface area contributed by atoms with E-state index in [9.17, 15) is 0 Å². The van der Waals surface area contributed by atoms with Crippen LogP contribution in [0.3, 0.4) is 0 Å². The molecule has 0 radical (unpaired) electrons. The summed E-state index contributed by atoms with van der Waals surface area (Å²) in [6.45, 7) is 4.35.